The SMILES string of the molecule is C=N/C=C(\C(C)=C/C)c1ccc2[nH]nc(-c3cc4c(-c5cccc(F)c5)nccc4[nH]3)c2n1. The summed E-state index contributed by atoms with van der Waals surface area (Å²) in [5.74, 6) is -0.300. The number of benzene rings is 1. The Morgan fingerprint density at radius 3 is 2.76 bits per heavy atom. The molecular formula is C26H21FN6. The second-order valence-electron chi connectivity index (χ2n) is 7.68. The monoisotopic (exact) mass is 436 g/mol. The molecule has 7 heteroatoms. The summed E-state index contributed by atoms with van der Waals surface area (Å²) in [4.78, 5) is 16.7. The maximum absolute atomic E-state index is 13.8. The molecule has 0 aliphatic heterocycles. The Kier molecular flexibility index (Phi) is 5.14. The number of aromatic amines is 2. The Balaban J connectivity index is 1.67. The number of fused-ring (bicyclic) bond motifs is 2. The van der Waals surface area contributed by atoms with Gasteiger partial charge >= 0.3 is 0 Å². The topological polar surface area (TPSA) is 82.6 Å². The molecule has 0 amide bonds. The van der Waals surface area contributed by atoms with Crippen molar-refractivity contribution in [2.24, 2.45) is 4.99 Å². The molecule has 5 rings (SSSR count). The van der Waals surface area contributed by atoms with Crippen LogP contribution < -0.4 is 0 Å². The van der Waals surface area contributed by atoms with E-state index in [-0.39, 0.29) is 5.82 Å². The zero-order valence-electron chi connectivity index (χ0n) is 18.2. The quantitative estimate of drug-likeness (QED) is 0.250. The second-order valence-corrected chi connectivity index (χ2v) is 7.68. The molecule has 0 fully saturated rings. The highest BCUT2D eigenvalue weighted by atomic mass is 19.1. The first-order chi connectivity index (χ1) is 16.1. The number of H-pyrrole nitrogens is 2. The molecule has 162 valence electrons. The molecule has 6 nitrogen and oxygen atoms in total. The van der Waals surface area contributed by atoms with Gasteiger partial charge in [0.1, 0.15) is 17.0 Å². The lowest BCUT2D eigenvalue weighted by atomic mass is 10.0. The number of nitrogens with one attached hydrogen (secondary N) is 2. The van der Waals surface area contributed by atoms with Gasteiger partial charge < -0.3 is 4.98 Å². The van der Waals surface area contributed by atoms with E-state index in [2.05, 4.69) is 31.9 Å². The van der Waals surface area contributed by atoms with Gasteiger partial charge in [0.25, 0.3) is 0 Å². The van der Waals surface area contributed by atoms with Gasteiger partial charge in [-0.3, -0.25) is 15.1 Å². The van der Waals surface area contributed by atoms with Crippen LogP contribution >= 0.6 is 0 Å². The van der Waals surface area contributed by atoms with Crippen molar-refractivity contribution in [2.45, 2.75) is 13.8 Å². The van der Waals surface area contributed by atoms with Gasteiger partial charge in [0.2, 0.25) is 0 Å². The number of hydrogen-bond donors (Lipinski definition) is 2. The Hall–Kier alpha value is -4.39. The number of halogens is 1. The molecule has 0 radical (unpaired) electrons. The van der Waals surface area contributed by atoms with Gasteiger partial charge in [-0.05, 0) is 62.5 Å². The highest BCUT2D eigenvalue weighted by Crippen LogP contribution is 2.33. The average Bonchev–Trinajstić information content (AvgIpc) is 3.45. The third kappa shape index (κ3) is 3.63. The number of aliphatic imine (C=N–C) groups is 1. The average molecular weight is 436 g/mol. The van der Waals surface area contributed by atoms with Gasteiger partial charge in [-0.25, -0.2) is 9.37 Å². The number of pyridine rings is 2. The molecule has 2 N–H and O–H groups in total. The molecule has 0 bridgehead atoms. The summed E-state index contributed by atoms with van der Waals surface area (Å²) < 4.78 is 13.8. The minimum absolute atomic E-state index is 0.300. The van der Waals surface area contributed by atoms with Gasteiger partial charge in [-0.15, -0.1) is 0 Å². The van der Waals surface area contributed by atoms with Crippen LogP contribution in [0.2, 0.25) is 0 Å². The van der Waals surface area contributed by atoms with Gasteiger partial charge in [-0.1, -0.05) is 18.2 Å². The van der Waals surface area contributed by atoms with Crippen LogP contribution in [0.3, 0.4) is 0 Å². The van der Waals surface area contributed by atoms with E-state index in [4.69, 9.17) is 4.98 Å². The van der Waals surface area contributed by atoms with Crippen molar-refractivity contribution in [1.29, 1.82) is 0 Å². The van der Waals surface area contributed by atoms with E-state index in [9.17, 15) is 4.39 Å². The number of rotatable bonds is 5. The van der Waals surface area contributed by atoms with Crippen LogP contribution in [0.1, 0.15) is 19.5 Å². The lowest BCUT2D eigenvalue weighted by Gasteiger charge is -2.06. The fourth-order valence-electron chi connectivity index (χ4n) is 3.90. The van der Waals surface area contributed by atoms with Crippen LogP contribution in [0, 0.1) is 5.82 Å². The van der Waals surface area contributed by atoms with Crippen LogP contribution in [0.15, 0.2) is 77.6 Å². The summed E-state index contributed by atoms with van der Waals surface area (Å²) in [5, 5.41) is 8.46. The van der Waals surface area contributed by atoms with Crippen LogP contribution in [0.4, 0.5) is 4.39 Å². The maximum atomic E-state index is 13.8. The first-order valence-electron chi connectivity index (χ1n) is 10.5. The molecule has 5 aromatic rings. The second kappa shape index (κ2) is 8.27. The van der Waals surface area contributed by atoms with Crippen LogP contribution in [-0.2, 0) is 0 Å². The normalized spacial score (nSPS) is 12.6. The van der Waals surface area contributed by atoms with Crippen LogP contribution in [-0.4, -0.2) is 31.9 Å². The lowest BCUT2D eigenvalue weighted by Crippen LogP contribution is -1.92. The molecule has 1 aromatic carbocycles. The van der Waals surface area contributed by atoms with E-state index in [1.807, 2.05) is 50.3 Å². The molecule has 4 aromatic heterocycles. The Labute approximate surface area is 189 Å². The molecule has 0 saturated heterocycles. The third-order valence-corrected chi connectivity index (χ3v) is 5.66. The largest absolute Gasteiger partial charge is 0.353 e. The van der Waals surface area contributed by atoms with E-state index in [1.165, 1.54) is 12.1 Å². The molecule has 0 saturated carbocycles. The van der Waals surface area contributed by atoms with Crippen molar-refractivity contribution in [2.75, 3.05) is 0 Å². The Morgan fingerprint density at radius 2 is 1.97 bits per heavy atom. The Bertz CT molecular complexity index is 1570. The minimum Gasteiger partial charge on any atom is -0.353 e. The Morgan fingerprint density at radius 1 is 1.09 bits per heavy atom. The summed E-state index contributed by atoms with van der Waals surface area (Å²) in [6.07, 6.45) is 5.43. The van der Waals surface area contributed by atoms with Crippen molar-refractivity contribution in [3.63, 3.8) is 0 Å². The summed E-state index contributed by atoms with van der Waals surface area (Å²) in [5.41, 5.74) is 8.07. The van der Waals surface area contributed by atoms with Crippen LogP contribution in [0.5, 0.6) is 0 Å². The minimum atomic E-state index is -0.300. The van der Waals surface area contributed by atoms with E-state index in [0.717, 1.165) is 44.5 Å². The predicted octanol–water partition coefficient (Wildman–Crippen LogP) is 6.32. The number of nitrogens with zero attached hydrogens (tertiary/aromatic N) is 4. The van der Waals surface area contributed by atoms with Crippen molar-refractivity contribution in [1.82, 2.24) is 25.1 Å². The fraction of sp³-hybridized carbons (Fsp3) is 0.0769. The van der Waals surface area contributed by atoms with Crippen molar-refractivity contribution in [3.8, 4) is 22.6 Å². The molecule has 0 atom stereocenters. The molecule has 4 heterocycles. The maximum Gasteiger partial charge on any atom is 0.135 e. The summed E-state index contributed by atoms with van der Waals surface area (Å²) in [6.45, 7) is 7.58. The lowest BCUT2D eigenvalue weighted by molar-refractivity contribution is 0.628. The van der Waals surface area contributed by atoms with Crippen LogP contribution in [0.25, 0.3) is 50.2 Å². The molecule has 0 spiro atoms. The molecule has 0 aliphatic rings. The van der Waals surface area contributed by atoms with Gasteiger partial charge in [0.05, 0.1) is 22.6 Å². The molecule has 33 heavy (non-hydrogen) atoms. The van der Waals surface area contributed by atoms with E-state index >= 15 is 0 Å². The number of hydrogen-bond acceptors (Lipinski definition) is 4. The van der Waals surface area contributed by atoms with Crippen molar-refractivity contribution >= 4 is 34.2 Å². The van der Waals surface area contributed by atoms with Gasteiger partial charge in [0.15, 0.2) is 0 Å². The fourth-order valence-corrected chi connectivity index (χ4v) is 3.90. The van der Waals surface area contributed by atoms with Gasteiger partial charge in [-0.2, -0.15) is 5.10 Å². The molecule has 0 aliphatic carbocycles. The first-order valence-corrected chi connectivity index (χ1v) is 10.5. The van der Waals surface area contributed by atoms with Crippen molar-refractivity contribution in [3.05, 3.63) is 84.1 Å². The van der Waals surface area contributed by atoms with Crippen molar-refractivity contribution < 1.29 is 4.39 Å². The third-order valence-electron chi connectivity index (χ3n) is 5.66. The zero-order valence-corrected chi connectivity index (χ0v) is 18.2. The smallest absolute Gasteiger partial charge is 0.135 e. The highest BCUT2D eigenvalue weighted by molar-refractivity contribution is 5.99. The summed E-state index contributed by atoms with van der Waals surface area (Å²) in [7, 11) is 0. The van der Waals surface area contributed by atoms with Gasteiger partial charge in [0, 0.05) is 34.4 Å². The first kappa shape index (κ1) is 20.5. The number of aromatic nitrogens is 5. The molecular weight excluding hydrogens is 415 g/mol. The molecule has 0 unspecified atom stereocenters. The summed E-state index contributed by atoms with van der Waals surface area (Å²) >= 11 is 0. The standard InChI is InChI=1S/C26H21FN6/c1-4-15(2)19(14-28-3)20-8-9-22-25(31-20)26(33-32-22)23-13-18-21(30-23)10-11-29-24(18)16-6-5-7-17(27)12-16/h4-14,30H,3H2,1-2H3,(H,32,33)/b15-4-,19-14+. The van der Waals surface area contributed by atoms with E-state index < -0.39 is 0 Å². The zero-order chi connectivity index (χ0) is 22.9. The number of allylic oxidation sites excluding steroid dienone is 3. The summed E-state index contributed by atoms with van der Waals surface area (Å²) in [6, 6.07) is 14.2. The van der Waals surface area contributed by atoms with E-state index in [0.29, 0.717) is 17.0 Å². The van der Waals surface area contributed by atoms with E-state index in [1.54, 1.807) is 18.5 Å². The predicted molar refractivity (Wildman–Crippen MR) is 131 cm³/mol. The highest BCUT2D eigenvalue weighted by Gasteiger charge is 2.16.